The summed E-state index contributed by atoms with van der Waals surface area (Å²) in [4.78, 5) is 4.16. The molecule has 0 spiro atoms. The van der Waals surface area contributed by atoms with Gasteiger partial charge in [-0.25, -0.2) is 4.39 Å². The maximum atomic E-state index is 13.1. The van der Waals surface area contributed by atoms with Crippen LogP contribution in [0, 0.1) is 5.82 Å². The van der Waals surface area contributed by atoms with E-state index < -0.39 is 0 Å². The Labute approximate surface area is 153 Å². The van der Waals surface area contributed by atoms with Gasteiger partial charge < -0.3 is 24.8 Å². The molecule has 7 heteroatoms. The van der Waals surface area contributed by atoms with Crippen molar-refractivity contribution in [2.75, 3.05) is 34.4 Å². The monoisotopic (exact) mass is 361 g/mol. The van der Waals surface area contributed by atoms with Crippen molar-refractivity contribution in [1.29, 1.82) is 0 Å². The van der Waals surface area contributed by atoms with Crippen LogP contribution in [0.5, 0.6) is 17.2 Å². The number of guanidine groups is 1. The maximum absolute atomic E-state index is 13.1. The molecule has 0 saturated carbocycles. The number of hydrogen-bond acceptors (Lipinski definition) is 4. The second-order valence-electron chi connectivity index (χ2n) is 5.35. The minimum atomic E-state index is -0.317. The summed E-state index contributed by atoms with van der Waals surface area (Å²) >= 11 is 0. The van der Waals surface area contributed by atoms with Crippen molar-refractivity contribution in [3.05, 3.63) is 53.8 Å². The fraction of sp³-hybridized carbons (Fsp3) is 0.316. The van der Waals surface area contributed by atoms with E-state index in [1.54, 1.807) is 33.4 Å². The zero-order chi connectivity index (χ0) is 18.8. The standard InChI is InChI=1S/C19H24FN3O3/c1-21-19(22-9-10-26-16-6-4-5-15(20)12-16)23-13-14-7-8-17(24-2)18(11-14)25-3/h4-8,11-12H,9-10,13H2,1-3H3,(H2,21,22,23). The molecular formula is C19H24FN3O3. The first-order valence-electron chi connectivity index (χ1n) is 8.20. The molecule has 2 N–H and O–H groups in total. The van der Waals surface area contributed by atoms with Gasteiger partial charge in [-0.1, -0.05) is 12.1 Å². The second-order valence-corrected chi connectivity index (χ2v) is 5.35. The van der Waals surface area contributed by atoms with Gasteiger partial charge in [-0.3, -0.25) is 4.99 Å². The van der Waals surface area contributed by atoms with E-state index in [-0.39, 0.29) is 5.82 Å². The molecule has 0 bridgehead atoms. The first kappa shape index (κ1) is 19.4. The molecule has 0 aromatic heterocycles. The van der Waals surface area contributed by atoms with Crippen LogP contribution in [0.2, 0.25) is 0 Å². The molecular weight excluding hydrogens is 337 g/mol. The van der Waals surface area contributed by atoms with E-state index in [4.69, 9.17) is 14.2 Å². The number of ether oxygens (including phenoxy) is 3. The van der Waals surface area contributed by atoms with Gasteiger partial charge >= 0.3 is 0 Å². The third-order valence-electron chi connectivity index (χ3n) is 3.59. The Hall–Kier alpha value is -2.96. The van der Waals surface area contributed by atoms with Gasteiger partial charge in [0.25, 0.3) is 0 Å². The predicted octanol–water partition coefficient (Wildman–Crippen LogP) is 2.59. The molecule has 0 atom stereocenters. The average molecular weight is 361 g/mol. The van der Waals surface area contributed by atoms with E-state index in [9.17, 15) is 4.39 Å². The largest absolute Gasteiger partial charge is 0.493 e. The third-order valence-corrected chi connectivity index (χ3v) is 3.59. The highest BCUT2D eigenvalue weighted by Crippen LogP contribution is 2.27. The Balaban J connectivity index is 1.77. The SMILES string of the molecule is CN=C(NCCOc1cccc(F)c1)NCc1ccc(OC)c(OC)c1. The molecule has 0 radical (unpaired) electrons. The van der Waals surface area contributed by atoms with E-state index in [0.29, 0.717) is 42.9 Å². The van der Waals surface area contributed by atoms with E-state index in [0.717, 1.165) is 5.56 Å². The van der Waals surface area contributed by atoms with Crippen LogP contribution in [0.3, 0.4) is 0 Å². The normalized spacial score (nSPS) is 11.0. The summed E-state index contributed by atoms with van der Waals surface area (Å²) in [5, 5.41) is 6.35. The summed E-state index contributed by atoms with van der Waals surface area (Å²) in [5.41, 5.74) is 1.03. The van der Waals surface area contributed by atoms with Crippen LogP contribution in [-0.4, -0.2) is 40.4 Å². The predicted molar refractivity (Wildman–Crippen MR) is 99.6 cm³/mol. The Bertz CT molecular complexity index is 738. The zero-order valence-electron chi connectivity index (χ0n) is 15.2. The lowest BCUT2D eigenvalue weighted by Gasteiger charge is -2.14. The molecule has 0 aliphatic carbocycles. The van der Waals surface area contributed by atoms with Crippen molar-refractivity contribution in [1.82, 2.24) is 10.6 Å². The number of methoxy groups -OCH3 is 2. The maximum Gasteiger partial charge on any atom is 0.191 e. The summed E-state index contributed by atoms with van der Waals surface area (Å²) in [6.07, 6.45) is 0. The summed E-state index contributed by atoms with van der Waals surface area (Å²) < 4.78 is 29.1. The van der Waals surface area contributed by atoms with Crippen molar-refractivity contribution < 1.29 is 18.6 Å². The van der Waals surface area contributed by atoms with E-state index in [1.165, 1.54) is 12.1 Å². The van der Waals surface area contributed by atoms with Crippen LogP contribution >= 0.6 is 0 Å². The van der Waals surface area contributed by atoms with Crippen molar-refractivity contribution >= 4 is 5.96 Å². The quantitative estimate of drug-likeness (QED) is 0.430. The number of halogens is 1. The van der Waals surface area contributed by atoms with Gasteiger partial charge in [0, 0.05) is 19.7 Å². The topological polar surface area (TPSA) is 64.1 Å². The molecule has 0 amide bonds. The molecule has 2 aromatic carbocycles. The van der Waals surface area contributed by atoms with Gasteiger partial charge in [0.2, 0.25) is 0 Å². The lowest BCUT2D eigenvalue weighted by molar-refractivity contribution is 0.320. The summed E-state index contributed by atoms with van der Waals surface area (Å²) in [6.45, 7) is 1.49. The molecule has 26 heavy (non-hydrogen) atoms. The van der Waals surface area contributed by atoms with Gasteiger partial charge in [0.1, 0.15) is 18.2 Å². The lowest BCUT2D eigenvalue weighted by Crippen LogP contribution is -2.38. The van der Waals surface area contributed by atoms with Crippen LogP contribution in [0.1, 0.15) is 5.56 Å². The number of benzene rings is 2. The third kappa shape index (κ3) is 5.84. The Morgan fingerprint density at radius 1 is 1.04 bits per heavy atom. The fourth-order valence-corrected chi connectivity index (χ4v) is 2.29. The van der Waals surface area contributed by atoms with Crippen molar-refractivity contribution in [2.45, 2.75) is 6.54 Å². The van der Waals surface area contributed by atoms with E-state index in [2.05, 4.69) is 15.6 Å². The van der Waals surface area contributed by atoms with Gasteiger partial charge in [-0.2, -0.15) is 0 Å². The molecule has 2 aromatic rings. The molecule has 0 aliphatic heterocycles. The lowest BCUT2D eigenvalue weighted by atomic mass is 10.2. The molecule has 6 nitrogen and oxygen atoms in total. The Morgan fingerprint density at radius 3 is 2.54 bits per heavy atom. The fourth-order valence-electron chi connectivity index (χ4n) is 2.29. The highest BCUT2D eigenvalue weighted by atomic mass is 19.1. The number of hydrogen-bond donors (Lipinski definition) is 2. The first-order chi connectivity index (χ1) is 12.7. The number of aliphatic imine (C=N–C) groups is 1. The van der Waals surface area contributed by atoms with Gasteiger partial charge in [-0.05, 0) is 29.8 Å². The minimum Gasteiger partial charge on any atom is -0.493 e. The minimum absolute atomic E-state index is 0.317. The number of nitrogens with one attached hydrogen (secondary N) is 2. The molecule has 0 aliphatic rings. The summed E-state index contributed by atoms with van der Waals surface area (Å²) in [5.74, 6) is 2.19. The molecule has 2 rings (SSSR count). The highest BCUT2D eigenvalue weighted by Gasteiger charge is 2.05. The molecule has 0 heterocycles. The molecule has 0 saturated heterocycles. The van der Waals surface area contributed by atoms with Crippen LogP contribution in [0.4, 0.5) is 4.39 Å². The van der Waals surface area contributed by atoms with Gasteiger partial charge in [0.15, 0.2) is 17.5 Å². The van der Waals surface area contributed by atoms with Crippen molar-refractivity contribution in [3.63, 3.8) is 0 Å². The Kier molecular flexibility index (Phi) is 7.54. The molecule has 0 unspecified atom stereocenters. The van der Waals surface area contributed by atoms with Crippen LogP contribution in [0.25, 0.3) is 0 Å². The van der Waals surface area contributed by atoms with E-state index in [1.807, 2.05) is 18.2 Å². The van der Waals surface area contributed by atoms with E-state index >= 15 is 0 Å². The highest BCUT2D eigenvalue weighted by molar-refractivity contribution is 5.79. The van der Waals surface area contributed by atoms with Gasteiger partial charge in [-0.15, -0.1) is 0 Å². The van der Waals surface area contributed by atoms with Crippen LogP contribution in [-0.2, 0) is 6.54 Å². The zero-order valence-corrected chi connectivity index (χ0v) is 15.2. The summed E-state index contributed by atoms with van der Waals surface area (Å²) in [6, 6.07) is 11.8. The smallest absolute Gasteiger partial charge is 0.191 e. The van der Waals surface area contributed by atoms with Crippen molar-refractivity contribution in [3.8, 4) is 17.2 Å². The Morgan fingerprint density at radius 2 is 1.85 bits per heavy atom. The van der Waals surface area contributed by atoms with Crippen molar-refractivity contribution in [2.24, 2.45) is 4.99 Å². The number of nitrogens with zero attached hydrogens (tertiary/aromatic N) is 1. The first-order valence-corrected chi connectivity index (χ1v) is 8.20. The van der Waals surface area contributed by atoms with Gasteiger partial charge in [0.05, 0.1) is 20.8 Å². The van der Waals surface area contributed by atoms with Crippen LogP contribution < -0.4 is 24.8 Å². The number of rotatable bonds is 8. The van der Waals surface area contributed by atoms with Crippen LogP contribution in [0.15, 0.2) is 47.5 Å². The molecule has 140 valence electrons. The second kappa shape index (κ2) is 10.1. The molecule has 0 fully saturated rings. The average Bonchev–Trinajstić information content (AvgIpc) is 2.67. The summed E-state index contributed by atoms with van der Waals surface area (Å²) in [7, 11) is 4.90.